The van der Waals surface area contributed by atoms with Crippen LogP contribution in [0.25, 0.3) is 11.1 Å². The molecule has 2 bridgehead atoms. The predicted molar refractivity (Wildman–Crippen MR) is 114 cm³/mol. The Morgan fingerprint density at radius 1 is 1.07 bits per heavy atom. The van der Waals surface area contributed by atoms with E-state index >= 15 is 0 Å². The fourth-order valence-electron chi connectivity index (χ4n) is 5.79. The van der Waals surface area contributed by atoms with Crippen molar-refractivity contribution in [1.82, 2.24) is 4.90 Å². The fraction of sp³-hybridized carbons (Fsp3) is 0.480. The quantitative estimate of drug-likeness (QED) is 0.685. The van der Waals surface area contributed by atoms with Gasteiger partial charge in [0.1, 0.15) is 5.75 Å². The lowest BCUT2D eigenvalue weighted by atomic mass is 9.65. The average Bonchev–Trinajstić information content (AvgIpc) is 2.89. The smallest absolute Gasteiger partial charge is 0.254 e. The lowest BCUT2D eigenvalue weighted by Crippen LogP contribution is -2.37. The summed E-state index contributed by atoms with van der Waals surface area (Å²) in [4.78, 5) is 15.5. The number of fused-ring (bicyclic) bond motifs is 2. The van der Waals surface area contributed by atoms with E-state index in [0.29, 0.717) is 11.5 Å². The van der Waals surface area contributed by atoms with Crippen LogP contribution in [0.2, 0.25) is 0 Å². The molecule has 2 aromatic carbocycles. The molecular formula is C25H31NO2. The van der Waals surface area contributed by atoms with Gasteiger partial charge in [-0.3, -0.25) is 4.79 Å². The van der Waals surface area contributed by atoms with Crippen LogP contribution >= 0.6 is 0 Å². The van der Waals surface area contributed by atoms with Gasteiger partial charge in [-0.05, 0) is 66.3 Å². The molecule has 28 heavy (non-hydrogen) atoms. The first kappa shape index (κ1) is 19.0. The van der Waals surface area contributed by atoms with E-state index in [4.69, 9.17) is 4.74 Å². The van der Waals surface area contributed by atoms with Gasteiger partial charge in [0.05, 0.1) is 7.11 Å². The zero-order valence-corrected chi connectivity index (χ0v) is 17.7. The highest BCUT2D eigenvalue weighted by molar-refractivity contribution is 5.96. The number of nitrogens with zero attached hydrogens (tertiary/aromatic N) is 1. The zero-order valence-electron chi connectivity index (χ0n) is 17.7. The third-order valence-electron chi connectivity index (χ3n) is 6.56. The number of rotatable bonds is 3. The molecule has 2 aliphatic rings. The molecule has 1 aliphatic carbocycles. The predicted octanol–water partition coefficient (Wildman–Crippen LogP) is 5.71. The van der Waals surface area contributed by atoms with Crippen molar-refractivity contribution in [2.24, 2.45) is 10.8 Å². The SMILES string of the molecule is COc1cc(C(=O)N2C[C@@]3(C)C[C@@H]2CC(C)(C)C3)ccc1-c1ccccc1C. The molecule has 0 radical (unpaired) electrons. The molecule has 3 heteroatoms. The highest BCUT2D eigenvalue weighted by Gasteiger charge is 2.51. The largest absolute Gasteiger partial charge is 0.496 e. The van der Waals surface area contributed by atoms with Crippen LogP contribution in [0.3, 0.4) is 0 Å². The Kier molecular flexibility index (Phi) is 4.52. The standard InChI is InChI=1S/C25H31NO2/c1-17-8-6-7-9-20(17)21-11-10-18(12-22(21)28-5)23(27)26-16-25(4)14-19(26)13-24(2,3)15-25/h6-12,19H,13-16H2,1-5H3/t19-,25-/m0/s1. The van der Waals surface area contributed by atoms with Gasteiger partial charge in [0.2, 0.25) is 0 Å². The van der Waals surface area contributed by atoms with Gasteiger partial charge in [0.25, 0.3) is 5.91 Å². The van der Waals surface area contributed by atoms with E-state index in [1.54, 1.807) is 7.11 Å². The Hall–Kier alpha value is -2.29. The van der Waals surface area contributed by atoms with Crippen molar-refractivity contribution in [2.75, 3.05) is 13.7 Å². The molecule has 2 atom stereocenters. The molecule has 4 rings (SSSR count). The van der Waals surface area contributed by atoms with E-state index in [1.165, 1.54) is 12.0 Å². The van der Waals surface area contributed by atoms with E-state index in [1.807, 2.05) is 30.3 Å². The van der Waals surface area contributed by atoms with Gasteiger partial charge in [-0.2, -0.15) is 0 Å². The molecule has 1 saturated carbocycles. The van der Waals surface area contributed by atoms with Gasteiger partial charge in [0.15, 0.2) is 0 Å². The van der Waals surface area contributed by atoms with Crippen LogP contribution in [0.1, 0.15) is 56.0 Å². The van der Waals surface area contributed by atoms with Gasteiger partial charge in [-0.1, -0.05) is 45.0 Å². The molecule has 0 aromatic heterocycles. The second kappa shape index (κ2) is 6.65. The highest BCUT2D eigenvalue weighted by atomic mass is 16.5. The van der Waals surface area contributed by atoms with E-state index < -0.39 is 0 Å². The molecule has 2 aromatic rings. The number of carbonyl (C=O) groups excluding carboxylic acids is 1. The molecule has 3 nitrogen and oxygen atoms in total. The average molecular weight is 378 g/mol. The van der Waals surface area contributed by atoms with Crippen LogP contribution in [-0.2, 0) is 0 Å². The third kappa shape index (κ3) is 3.32. The number of hydrogen-bond acceptors (Lipinski definition) is 2. The van der Waals surface area contributed by atoms with Crippen molar-refractivity contribution < 1.29 is 9.53 Å². The lowest BCUT2D eigenvalue weighted by Gasteiger charge is -2.39. The van der Waals surface area contributed by atoms with Crippen LogP contribution < -0.4 is 4.74 Å². The van der Waals surface area contributed by atoms with Crippen LogP contribution in [0, 0.1) is 17.8 Å². The maximum Gasteiger partial charge on any atom is 0.254 e. The summed E-state index contributed by atoms with van der Waals surface area (Å²) in [7, 11) is 1.68. The van der Waals surface area contributed by atoms with E-state index in [0.717, 1.165) is 41.8 Å². The molecule has 1 saturated heterocycles. The second-order valence-corrected chi connectivity index (χ2v) is 9.88. The number of carbonyl (C=O) groups is 1. The minimum Gasteiger partial charge on any atom is -0.496 e. The zero-order chi connectivity index (χ0) is 20.1. The fourth-order valence-corrected chi connectivity index (χ4v) is 5.79. The number of aryl methyl sites for hydroxylation is 1. The number of hydrogen-bond donors (Lipinski definition) is 0. The van der Waals surface area contributed by atoms with E-state index in [9.17, 15) is 4.79 Å². The number of benzene rings is 2. The monoisotopic (exact) mass is 377 g/mol. The summed E-state index contributed by atoms with van der Waals surface area (Å²) in [6, 6.07) is 14.5. The molecule has 1 amide bonds. The number of likely N-dealkylation sites (tertiary alicyclic amines) is 1. The van der Waals surface area contributed by atoms with Crippen molar-refractivity contribution in [1.29, 1.82) is 0 Å². The van der Waals surface area contributed by atoms with Crippen LogP contribution in [0.5, 0.6) is 5.75 Å². The second-order valence-electron chi connectivity index (χ2n) is 9.88. The summed E-state index contributed by atoms with van der Waals surface area (Å²) in [5.74, 6) is 0.898. The summed E-state index contributed by atoms with van der Waals surface area (Å²) >= 11 is 0. The van der Waals surface area contributed by atoms with Gasteiger partial charge in [0, 0.05) is 23.7 Å². The van der Waals surface area contributed by atoms with E-state index in [2.05, 4.69) is 44.7 Å². The Morgan fingerprint density at radius 3 is 2.54 bits per heavy atom. The van der Waals surface area contributed by atoms with E-state index in [-0.39, 0.29) is 11.3 Å². The minimum atomic E-state index is 0.140. The number of methoxy groups -OCH3 is 1. The normalized spacial score (nSPS) is 25.6. The lowest BCUT2D eigenvalue weighted by molar-refractivity contribution is 0.0708. The van der Waals surface area contributed by atoms with Gasteiger partial charge in [-0.25, -0.2) is 0 Å². The summed E-state index contributed by atoms with van der Waals surface area (Å²) < 4.78 is 5.68. The molecule has 0 spiro atoms. The third-order valence-corrected chi connectivity index (χ3v) is 6.56. The van der Waals surface area contributed by atoms with Crippen molar-refractivity contribution in [3.05, 3.63) is 53.6 Å². The van der Waals surface area contributed by atoms with Gasteiger partial charge in [-0.15, -0.1) is 0 Å². The Labute approximate surface area is 168 Å². The first-order valence-electron chi connectivity index (χ1n) is 10.3. The molecule has 148 valence electrons. The van der Waals surface area contributed by atoms with Crippen molar-refractivity contribution in [3.8, 4) is 16.9 Å². The van der Waals surface area contributed by atoms with Gasteiger partial charge >= 0.3 is 0 Å². The first-order chi connectivity index (χ1) is 13.2. The molecular weight excluding hydrogens is 346 g/mol. The summed E-state index contributed by atoms with van der Waals surface area (Å²) in [6.45, 7) is 9.98. The molecule has 1 heterocycles. The topological polar surface area (TPSA) is 29.5 Å². The maximum atomic E-state index is 13.4. The Balaban J connectivity index is 1.65. The molecule has 0 unspecified atom stereocenters. The van der Waals surface area contributed by atoms with Crippen LogP contribution in [-0.4, -0.2) is 30.5 Å². The first-order valence-corrected chi connectivity index (χ1v) is 10.3. The molecule has 2 fully saturated rings. The summed E-state index contributed by atoms with van der Waals surface area (Å²) in [5, 5.41) is 0. The van der Waals surface area contributed by atoms with Crippen molar-refractivity contribution in [2.45, 2.75) is 53.0 Å². The van der Waals surface area contributed by atoms with Gasteiger partial charge < -0.3 is 9.64 Å². The summed E-state index contributed by atoms with van der Waals surface area (Å²) in [5.41, 5.74) is 4.65. The van der Waals surface area contributed by atoms with Crippen molar-refractivity contribution >= 4 is 5.91 Å². The minimum absolute atomic E-state index is 0.140. The molecule has 1 aliphatic heterocycles. The Morgan fingerprint density at radius 2 is 1.82 bits per heavy atom. The summed E-state index contributed by atoms with van der Waals surface area (Å²) in [6.07, 6.45) is 3.41. The number of ether oxygens (including phenoxy) is 1. The number of amides is 1. The van der Waals surface area contributed by atoms with Crippen LogP contribution in [0.4, 0.5) is 0 Å². The molecule has 0 N–H and O–H groups in total. The maximum absolute atomic E-state index is 13.4. The van der Waals surface area contributed by atoms with Crippen molar-refractivity contribution in [3.63, 3.8) is 0 Å². The highest BCUT2D eigenvalue weighted by Crippen LogP contribution is 2.52. The van der Waals surface area contributed by atoms with Crippen LogP contribution in [0.15, 0.2) is 42.5 Å². The Bertz CT molecular complexity index is 917.